The van der Waals surface area contributed by atoms with Crippen molar-refractivity contribution in [1.29, 1.82) is 0 Å². The van der Waals surface area contributed by atoms with E-state index in [1.807, 2.05) is 0 Å². The van der Waals surface area contributed by atoms with Gasteiger partial charge in [0, 0.05) is 37.2 Å². The van der Waals surface area contributed by atoms with Crippen LogP contribution in [0.25, 0.3) is 0 Å². The van der Waals surface area contributed by atoms with Crippen LogP contribution in [0.2, 0.25) is 5.02 Å². The van der Waals surface area contributed by atoms with Crippen molar-refractivity contribution in [2.24, 2.45) is 5.92 Å². The van der Waals surface area contributed by atoms with Gasteiger partial charge in [-0.15, -0.1) is 24.8 Å². The molecule has 0 aliphatic carbocycles. The van der Waals surface area contributed by atoms with E-state index in [0.717, 1.165) is 38.2 Å². The van der Waals surface area contributed by atoms with E-state index in [-0.39, 0.29) is 36.7 Å². The molecule has 21 heavy (non-hydrogen) atoms. The topological polar surface area (TPSA) is 15.3 Å². The molecule has 1 saturated heterocycles. The van der Waals surface area contributed by atoms with Gasteiger partial charge < -0.3 is 5.32 Å². The highest BCUT2D eigenvalue weighted by Crippen LogP contribution is 2.33. The fourth-order valence-corrected chi connectivity index (χ4v) is 2.93. The fraction of sp³-hybridized carbons (Fsp3) is 0.600. The summed E-state index contributed by atoms with van der Waals surface area (Å²) in [6, 6.07) is 4.90. The number of nitrogens with one attached hydrogen (secondary N) is 1. The summed E-state index contributed by atoms with van der Waals surface area (Å²) in [4.78, 5) is 2.41. The Morgan fingerprint density at radius 3 is 2.43 bits per heavy atom. The van der Waals surface area contributed by atoms with Gasteiger partial charge in [0.25, 0.3) is 0 Å². The SMILES string of the molecule is CC(C)C[C@H](c1cc(F)ccc1Cl)N1CCNCC1.Cl.Cl. The van der Waals surface area contributed by atoms with Crippen LogP contribution in [0.5, 0.6) is 0 Å². The maximum absolute atomic E-state index is 13.5. The lowest BCUT2D eigenvalue weighted by Gasteiger charge is -2.36. The lowest BCUT2D eigenvalue weighted by Crippen LogP contribution is -2.45. The molecule has 6 heteroatoms. The Balaban J connectivity index is 0.00000200. The second kappa shape index (κ2) is 9.86. The summed E-state index contributed by atoms with van der Waals surface area (Å²) in [5.74, 6) is 0.350. The number of halogens is 4. The maximum atomic E-state index is 13.5. The first-order valence-corrected chi connectivity index (χ1v) is 7.35. The number of piperazine rings is 1. The Bertz CT molecular complexity index is 423. The summed E-state index contributed by atoms with van der Waals surface area (Å²) in [7, 11) is 0. The first kappa shape index (κ1) is 20.9. The molecule has 0 saturated carbocycles. The fourth-order valence-electron chi connectivity index (χ4n) is 2.68. The van der Waals surface area contributed by atoms with Gasteiger partial charge in [0.2, 0.25) is 0 Å². The third kappa shape index (κ3) is 5.91. The lowest BCUT2D eigenvalue weighted by molar-refractivity contribution is 0.154. The Labute approximate surface area is 144 Å². The highest BCUT2D eigenvalue weighted by Gasteiger charge is 2.25. The third-order valence-corrected chi connectivity index (χ3v) is 3.95. The first-order valence-electron chi connectivity index (χ1n) is 6.97. The minimum absolute atomic E-state index is 0. The molecule has 1 fully saturated rings. The molecule has 0 radical (unpaired) electrons. The van der Waals surface area contributed by atoms with Crippen LogP contribution >= 0.6 is 36.4 Å². The standard InChI is InChI=1S/C15H22ClFN2.2ClH/c1-11(2)9-15(19-7-5-18-6-8-19)13-10-12(17)3-4-14(13)16;;/h3-4,10-11,15,18H,5-9H2,1-2H3;2*1H/t15-;;/m1../s1. The summed E-state index contributed by atoms with van der Waals surface area (Å²) in [6.07, 6.45) is 1.00. The predicted molar refractivity (Wildman–Crippen MR) is 92.5 cm³/mol. The van der Waals surface area contributed by atoms with Crippen LogP contribution < -0.4 is 5.32 Å². The lowest BCUT2D eigenvalue weighted by atomic mass is 9.95. The largest absolute Gasteiger partial charge is 0.314 e. The first-order chi connectivity index (χ1) is 9.08. The van der Waals surface area contributed by atoms with E-state index >= 15 is 0 Å². The van der Waals surface area contributed by atoms with E-state index in [9.17, 15) is 4.39 Å². The van der Waals surface area contributed by atoms with E-state index < -0.39 is 0 Å². The average molecular weight is 358 g/mol. The molecular weight excluding hydrogens is 334 g/mol. The van der Waals surface area contributed by atoms with E-state index in [2.05, 4.69) is 24.1 Å². The molecule has 1 aromatic rings. The highest BCUT2D eigenvalue weighted by molar-refractivity contribution is 6.31. The number of hydrogen-bond acceptors (Lipinski definition) is 2. The highest BCUT2D eigenvalue weighted by atomic mass is 35.5. The van der Waals surface area contributed by atoms with Crippen molar-refractivity contribution in [3.63, 3.8) is 0 Å². The molecule has 0 bridgehead atoms. The van der Waals surface area contributed by atoms with Gasteiger partial charge in [-0.1, -0.05) is 25.4 Å². The third-order valence-electron chi connectivity index (χ3n) is 3.60. The van der Waals surface area contributed by atoms with Gasteiger partial charge in [-0.25, -0.2) is 4.39 Å². The van der Waals surface area contributed by atoms with E-state index in [1.165, 1.54) is 6.07 Å². The Kier molecular flexibility index (Phi) is 9.83. The van der Waals surface area contributed by atoms with Gasteiger partial charge in [0.05, 0.1) is 0 Å². The second-order valence-electron chi connectivity index (χ2n) is 5.60. The van der Waals surface area contributed by atoms with Crippen molar-refractivity contribution in [3.05, 3.63) is 34.6 Å². The van der Waals surface area contributed by atoms with Crippen LogP contribution in [0.4, 0.5) is 4.39 Å². The minimum atomic E-state index is -0.205. The number of hydrogen-bond donors (Lipinski definition) is 1. The molecule has 1 N–H and O–H groups in total. The summed E-state index contributed by atoms with van der Waals surface area (Å²) in [5, 5.41) is 4.02. The quantitative estimate of drug-likeness (QED) is 0.863. The molecule has 0 unspecified atom stereocenters. The zero-order valence-electron chi connectivity index (χ0n) is 12.4. The van der Waals surface area contributed by atoms with Crippen molar-refractivity contribution in [1.82, 2.24) is 10.2 Å². The molecule has 1 aliphatic heterocycles. The summed E-state index contributed by atoms with van der Waals surface area (Å²) < 4.78 is 13.5. The van der Waals surface area contributed by atoms with Crippen LogP contribution in [-0.2, 0) is 0 Å². The Morgan fingerprint density at radius 2 is 1.86 bits per heavy atom. The normalized spacial score (nSPS) is 17.0. The zero-order chi connectivity index (χ0) is 13.8. The van der Waals surface area contributed by atoms with Crippen LogP contribution in [0.3, 0.4) is 0 Å². The number of rotatable bonds is 4. The molecule has 2 nitrogen and oxygen atoms in total. The predicted octanol–water partition coefficient (Wildman–Crippen LogP) is 4.32. The van der Waals surface area contributed by atoms with Gasteiger partial charge in [-0.3, -0.25) is 4.90 Å². The molecule has 1 atom stereocenters. The monoisotopic (exact) mass is 356 g/mol. The van der Waals surface area contributed by atoms with Crippen LogP contribution in [0.15, 0.2) is 18.2 Å². The van der Waals surface area contributed by atoms with Crippen molar-refractivity contribution < 1.29 is 4.39 Å². The van der Waals surface area contributed by atoms with E-state index in [4.69, 9.17) is 11.6 Å². The minimum Gasteiger partial charge on any atom is -0.314 e. The molecular formula is C15H24Cl3FN2. The summed E-state index contributed by atoms with van der Waals surface area (Å²) in [6.45, 7) is 8.35. The molecule has 0 amide bonds. The van der Waals surface area contributed by atoms with Crippen molar-refractivity contribution in [2.75, 3.05) is 26.2 Å². The number of benzene rings is 1. The molecule has 0 spiro atoms. The second-order valence-corrected chi connectivity index (χ2v) is 6.00. The molecule has 1 aliphatic rings. The molecule has 0 aromatic heterocycles. The van der Waals surface area contributed by atoms with Gasteiger partial charge in [0.15, 0.2) is 0 Å². The molecule has 1 heterocycles. The van der Waals surface area contributed by atoms with Crippen LogP contribution in [0.1, 0.15) is 31.9 Å². The van der Waals surface area contributed by atoms with Crippen molar-refractivity contribution >= 4 is 36.4 Å². The maximum Gasteiger partial charge on any atom is 0.123 e. The van der Waals surface area contributed by atoms with Gasteiger partial charge in [0.1, 0.15) is 5.82 Å². The van der Waals surface area contributed by atoms with Crippen LogP contribution in [0, 0.1) is 11.7 Å². The van der Waals surface area contributed by atoms with Crippen molar-refractivity contribution in [3.8, 4) is 0 Å². The van der Waals surface area contributed by atoms with Crippen LogP contribution in [-0.4, -0.2) is 31.1 Å². The van der Waals surface area contributed by atoms with Gasteiger partial charge in [-0.05, 0) is 36.1 Å². The molecule has 2 rings (SSSR count). The molecule has 122 valence electrons. The van der Waals surface area contributed by atoms with Gasteiger partial charge >= 0.3 is 0 Å². The number of nitrogens with zero attached hydrogens (tertiary/aromatic N) is 1. The molecule has 1 aromatic carbocycles. The smallest absolute Gasteiger partial charge is 0.123 e. The zero-order valence-corrected chi connectivity index (χ0v) is 14.8. The van der Waals surface area contributed by atoms with Crippen molar-refractivity contribution in [2.45, 2.75) is 26.3 Å². The van der Waals surface area contributed by atoms with E-state index in [0.29, 0.717) is 10.9 Å². The van der Waals surface area contributed by atoms with E-state index in [1.54, 1.807) is 12.1 Å². The van der Waals surface area contributed by atoms with Gasteiger partial charge in [-0.2, -0.15) is 0 Å². The Morgan fingerprint density at radius 1 is 1.24 bits per heavy atom. The average Bonchev–Trinajstić information content (AvgIpc) is 2.40. The Hall–Kier alpha value is -0.0600. The summed E-state index contributed by atoms with van der Waals surface area (Å²) >= 11 is 6.28. The summed E-state index contributed by atoms with van der Waals surface area (Å²) in [5.41, 5.74) is 0.928.